The van der Waals surface area contributed by atoms with E-state index in [0.717, 1.165) is 55.8 Å². The predicted molar refractivity (Wildman–Crippen MR) is 162 cm³/mol. The first-order valence-corrected chi connectivity index (χ1v) is 14.9. The van der Waals surface area contributed by atoms with Crippen LogP contribution < -0.4 is 15.4 Å². The van der Waals surface area contributed by atoms with E-state index in [2.05, 4.69) is 21.9 Å². The molecule has 11 heteroatoms. The van der Waals surface area contributed by atoms with Crippen molar-refractivity contribution in [3.05, 3.63) is 69.7 Å². The van der Waals surface area contributed by atoms with Crippen molar-refractivity contribution in [3.63, 3.8) is 0 Å². The molecule has 0 spiro atoms. The second-order valence-corrected chi connectivity index (χ2v) is 11.6. The number of esters is 1. The molecule has 6 rings (SSSR count). The number of carbonyl (C=O) groups excluding carboxylic acids is 1. The number of benzene rings is 2. The summed E-state index contributed by atoms with van der Waals surface area (Å²) in [6.45, 7) is 5.42. The SMILES string of the molecule is CCOC(=O)CN1CCN(c2ccc3c(=O)n(C4CC4)cc(N(C)c4nc(-c5ccc(F)cc5)c(C#N)s4)c3c2)CC1. The zero-order valence-electron chi connectivity index (χ0n) is 23.5. The predicted octanol–water partition coefficient (Wildman–Crippen LogP) is 4.92. The largest absolute Gasteiger partial charge is 0.465 e. The molecule has 1 aliphatic heterocycles. The van der Waals surface area contributed by atoms with Gasteiger partial charge in [0.15, 0.2) is 5.13 Å². The highest BCUT2D eigenvalue weighted by Crippen LogP contribution is 2.40. The highest BCUT2D eigenvalue weighted by Gasteiger charge is 2.28. The van der Waals surface area contributed by atoms with E-state index in [1.54, 1.807) is 12.1 Å². The summed E-state index contributed by atoms with van der Waals surface area (Å²) in [6.07, 6.45) is 3.84. The van der Waals surface area contributed by atoms with Crippen LogP contribution in [0.4, 0.5) is 20.9 Å². The quantitative estimate of drug-likeness (QED) is 0.269. The smallest absolute Gasteiger partial charge is 0.320 e. The molecular weight excluding hydrogens is 555 g/mol. The first-order valence-electron chi connectivity index (χ1n) is 14.1. The maximum atomic E-state index is 13.6. The van der Waals surface area contributed by atoms with Gasteiger partial charge in [-0.25, -0.2) is 9.37 Å². The second-order valence-electron chi connectivity index (χ2n) is 10.6. The van der Waals surface area contributed by atoms with Crippen LogP contribution in [0.3, 0.4) is 0 Å². The Morgan fingerprint density at radius 1 is 1.14 bits per heavy atom. The number of hydrogen-bond donors (Lipinski definition) is 0. The van der Waals surface area contributed by atoms with Crippen LogP contribution in [0.2, 0.25) is 0 Å². The van der Waals surface area contributed by atoms with E-state index in [9.17, 15) is 19.2 Å². The molecule has 2 aliphatic rings. The standard InChI is InChI=1S/C31H31FN6O3S/c1-3-41-28(39)19-36-12-14-37(15-13-36)23-10-11-24-25(16-23)26(18-38(30(24)40)22-8-9-22)35(2)31-34-29(27(17-33)42-31)20-4-6-21(32)7-5-20/h4-7,10-11,16,18,22H,3,8-9,12-15,19H2,1-2H3. The number of aromatic nitrogens is 2. The molecule has 2 aromatic carbocycles. The second kappa shape index (κ2) is 11.5. The Balaban J connectivity index is 1.35. The number of nitriles is 1. The zero-order valence-corrected chi connectivity index (χ0v) is 24.4. The average Bonchev–Trinajstić information content (AvgIpc) is 3.75. The first kappa shape index (κ1) is 27.9. The van der Waals surface area contributed by atoms with Crippen LogP contribution in [0.1, 0.15) is 30.7 Å². The Labute approximate surface area is 247 Å². The normalized spacial score (nSPS) is 15.5. The van der Waals surface area contributed by atoms with Crippen molar-refractivity contribution >= 4 is 44.6 Å². The van der Waals surface area contributed by atoms with Crippen LogP contribution in [0, 0.1) is 17.1 Å². The highest BCUT2D eigenvalue weighted by molar-refractivity contribution is 7.16. The van der Waals surface area contributed by atoms with Crippen LogP contribution in [-0.2, 0) is 9.53 Å². The Hall–Kier alpha value is -4.27. The Morgan fingerprint density at radius 3 is 2.55 bits per heavy atom. The maximum absolute atomic E-state index is 13.6. The van der Waals surface area contributed by atoms with Crippen molar-refractivity contribution in [3.8, 4) is 17.3 Å². The Morgan fingerprint density at radius 2 is 1.88 bits per heavy atom. The van der Waals surface area contributed by atoms with Crippen molar-refractivity contribution in [2.45, 2.75) is 25.8 Å². The molecule has 1 saturated heterocycles. The molecule has 216 valence electrons. The monoisotopic (exact) mass is 586 g/mol. The summed E-state index contributed by atoms with van der Waals surface area (Å²) < 4.78 is 20.5. The lowest BCUT2D eigenvalue weighted by Gasteiger charge is -2.35. The van der Waals surface area contributed by atoms with Gasteiger partial charge in [-0.05, 0) is 62.2 Å². The number of thiazole rings is 1. The third-order valence-electron chi connectivity index (χ3n) is 7.82. The van der Waals surface area contributed by atoms with Gasteiger partial charge < -0.3 is 19.1 Å². The molecule has 0 radical (unpaired) electrons. The topological polar surface area (TPSA) is 94.7 Å². The number of anilines is 3. The fourth-order valence-corrected chi connectivity index (χ4v) is 6.27. The van der Waals surface area contributed by atoms with Gasteiger partial charge in [0.25, 0.3) is 5.56 Å². The molecule has 3 heterocycles. The van der Waals surface area contributed by atoms with E-state index in [1.807, 2.05) is 41.8 Å². The van der Waals surface area contributed by atoms with E-state index < -0.39 is 0 Å². The molecule has 0 atom stereocenters. The molecule has 0 N–H and O–H groups in total. The molecule has 0 bridgehead atoms. The van der Waals surface area contributed by atoms with Gasteiger partial charge in [0.05, 0.1) is 18.8 Å². The first-order chi connectivity index (χ1) is 20.4. The number of fused-ring (bicyclic) bond motifs is 1. The van der Waals surface area contributed by atoms with Crippen molar-refractivity contribution < 1.29 is 13.9 Å². The number of piperazine rings is 1. The fourth-order valence-electron chi connectivity index (χ4n) is 5.41. The molecule has 0 amide bonds. The van der Waals surface area contributed by atoms with Gasteiger partial charge in [0, 0.05) is 67.5 Å². The average molecular weight is 587 g/mol. The van der Waals surface area contributed by atoms with Gasteiger partial charge in [-0.1, -0.05) is 11.3 Å². The molecule has 1 aliphatic carbocycles. The van der Waals surface area contributed by atoms with Crippen LogP contribution in [-0.4, -0.2) is 66.8 Å². The number of carbonyl (C=O) groups is 1. The van der Waals surface area contributed by atoms with Crippen LogP contribution in [0.15, 0.2) is 53.5 Å². The third kappa shape index (κ3) is 5.47. The lowest BCUT2D eigenvalue weighted by Crippen LogP contribution is -2.48. The number of halogens is 1. The van der Waals surface area contributed by atoms with Gasteiger partial charge in [-0.2, -0.15) is 5.26 Å². The molecule has 9 nitrogen and oxygen atoms in total. The number of rotatable bonds is 8. The highest BCUT2D eigenvalue weighted by atomic mass is 32.1. The zero-order chi connectivity index (χ0) is 29.4. The van der Waals surface area contributed by atoms with Gasteiger partial charge in [0.1, 0.15) is 22.5 Å². The number of nitrogens with zero attached hydrogens (tertiary/aromatic N) is 6. The van der Waals surface area contributed by atoms with Gasteiger partial charge >= 0.3 is 5.97 Å². The fraction of sp³-hybridized carbons (Fsp3) is 0.355. The molecule has 0 unspecified atom stereocenters. The minimum absolute atomic E-state index is 0.0145. The molecule has 4 aromatic rings. The van der Waals surface area contributed by atoms with E-state index in [4.69, 9.17) is 9.72 Å². The minimum atomic E-state index is -0.352. The van der Waals surface area contributed by atoms with E-state index in [-0.39, 0.29) is 29.9 Å². The lowest BCUT2D eigenvalue weighted by atomic mass is 10.1. The number of pyridine rings is 1. The summed E-state index contributed by atoms with van der Waals surface area (Å²) >= 11 is 1.26. The third-order valence-corrected chi connectivity index (χ3v) is 8.86. The molecule has 2 fully saturated rings. The summed E-state index contributed by atoms with van der Waals surface area (Å²) in [5.74, 6) is -0.560. The summed E-state index contributed by atoms with van der Waals surface area (Å²) in [4.78, 5) is 37.0. The molecular formula is C31H31FN6O3S. The number of ether oxygens (including phenoxy) is 1. The van der Waals surface area contributed by atoms with E-state index in [1.165, 1.54) is 23.5 Å². The molecule has 42 heavy (non-hydrogen) atoms. The van der Waals surface area contributed by atoms with Crippen LogP contribution in [0.5, 0.6) is 0 Å². The van der Waals surface area contributed by atoms with Gasteiger partial charge in [-0.3, -0.25) is 14.5 Å². The summed E-state index contributed by atoms with van der Waals surface area (Å²) in [5, 5.41) is 11.9. The van der Waals surface area contributed by atoms with E-state index in [0.29, 0.717) is 33.3 Å². The number of hydrogen-bond acceptors (Lipinski definition) is 9. The summed E-state index contributed by atoms with van der Waals surface area (Å²) in [7, 11) is 1.89. The summed E-state index contributed by atoms with van der Waals surface area (Å²) in [5.41, 5.74) is 2.98. The Bertz CT molecular complexity index is 1730. The molecule has 2 aromatic heterocycles. The van der Waals surface area contributed by atoms with Crippen molar-refractivity contribution in [2.75, 3.05) is 56.2 Å². The van der Waals surface area contributed by atoms with Gasteiger partial charge in [-0.15, -0.1) is 0 Å². The maximum Gasteiger partial charge on any atom is 0.320 e. The Kier molecular flexibility index (Phi) is 7.66. The van der Waals surface area contributed by atoms with Crippen LogP contribution in [0.25, 0.3) is 22.0 Å². The lowest BCUT2D eigenvalue weighted by molar-refractivity contribution is -0.144. The summed E-state index contributed by atoms with van der Waals surface area (Å²) in [6, 6.07) is 14.3. The minimum Gasteiger partial charge on any atom is -0.465 e. The van der Waals surface area contributed by atoms with Crippen molar-refractivity contribution in [2.24, 2.45) is 0 Å². The molecule has 1 saturated carbocycles. The van der Waals surface area contributed by atoms with Crippen molar-refractivity contribution in [1.29, 1.82) is 5.26 Å². The van der Waals surface area contributed by atoms with Crippen LogP contribution >= 0.6 is 11.3 Å². The van der Waals surface area contributed by atoms with Crippen molar-refractivity contribution in [1.82, 2.24) is 14.5 Å². The van der Waals surface area contributed by atoms with Gasteiger partial charge in [0.2, 0.25) is 0 Å². The van der Waals surface area contributed by atoms with E-state index >= 15 is 0 Å².